The molecule has 2 rings (SSSR count). The molecule has 1 saturated carbocycles. The largest absolute Gasteiger partial charge is 0.481 e. The fraction of sp³-hybridized carbons (Fsp3) is 0.385. The molecule has 0 radical (unpaired) electrons. The predicted molar refractivity (Wildman–Crippen MR) is 62.1 cm³/mol. The minimum atomic E-state index is -0.999. The molecule has 1 aromatic carbocycles. The third kappa shape index (κ3) is 2.89. The van der Waals surface area contributed by atoms with Crippen LogP contribution in [0.5, 0.6) is 0 Å². The van der Waals surface area contributed by atoms with Gasteiger partial charge in [0.15, 0.2) is 0 Å². The van der Waals surface area contributed by atoms with Crippen LogP contribution in [0.15, 0.2) is 18.2 Å². The molecule has 0 aliphatic heterocycles. The SMILES string of the molecule is CC(NC(=O)C1CC1C(=O)O)c1ccc(F)cc1F. The molecule has 0 aromatic heterocycles. The van der Waals surface area contributed by atoms with Crippen molar-refractivity contribution in [3.05, 3.63) is 35.4 Å². The minimum absolute atomic E-state index is 0.169. The van der Waals surface area contributed by atoms with Crippen molar-refractivity contribution in [1.82, 2.24) is 5.32 Å². The number of hydrogen-bond donors (Lipinski definition) is 2. The average molecular weight is 269 g/mol. The van der Waals surface area contributed by atoms with Gasteiger partial charge in [-0.3, -0.25) is 9.59 Å². The maximum absolute atomic E-state index is 13.5. The zero-order valence-corrected chi connectivity index (χ0v) is 10.2. The lowest BCUT2D eigenvalue weighted by atomic mass is 10.1. The maximum Gasteiger partial charge on any atom is 0.307 e. The second-order valence-corrected chi connectivity index (χ2v) is 4.68. The quantitative estimate of drug-likeness (QED) is 0.876. The smallest absolute Gasteiger partial charge is 0.307 e. The van der Waals surface area contributed by atoms with Crippen LogP contribution in [0.1, 0.15) is 24.9 Å². The number of aliphatic carboxylic acids is 1. The number of nitrogens with one attached hydrogen (secondary N) is 1. The van der Waals surface area contributed by atoms with Crippen LogP contribution in [0.4, 0.5) is 8.78 Å². The number of carboxylic acids is 1. The summed E-state index contributed by atoms with van der Waals surface area (Å²) in [7, 11) is 0. The Kier molecular flexibility index (Phi) is 3.50. The Balaban J connectivity index is 2.00. The Hall–Kier alpha value is -1.98. The summed E-state index contributed by atoms with van der Waals surface area (Å²) in [6.07, 6.45) is 0.305. The zero-order chi connectivity index (χ0) is 14.2. The highest BCUT2D eigenvalue weighted by Crippen LogP contribution is 2.39. The van der Waals surface area contributed by atoms with E-state index in [1.807, 2.05) is 0 Å². The molecule has 2 N–H and O–H groups in total. The summed E-state index contributed by atoms with van der Waals surface area (Å²) in [5.74, 6) is -4.04. The molecule has 0 heterocycles. The third-order valence-corrected chi connectivity index (χ3v) is 3.23. The van der Waals surface area contributed by atoms with E-state index in [1.54, 1.807) is 6.92 Å². The highest BCUT2D eigenvalue weighted by Gasteiger charge is 2.48. The first-order valence-electron chi connectivity index (χ1n) is 5.88. The summed E-state index contributed by atoms with van der Waals surface area (Å²) in [6.45, 7) is 1.56. The molecule has 6 heteroatoms. The van der Waals surface area contributed by atoms with E-state index in [4.69, 9.17) is 5.11 Å². The molecule has 1 aromatic rings. The van der Waals surface area contributed by atoms with Crippen LogP contribution in [0.3, 0.4) is 0 Å². The van der Waals surface area contributed by atoms with Crippen LogP contribution in [-0.2, 0) is 9.59 Å². The van der Waals surface area contributed by atoms with Gasteiger partial charge in [0.05, 0.1) is 17.9 Å². The van der Waals surface area contributed by atoms with Crippen molar-refractivity contribution in [3.63, 3.8) is 0 Å². The Labute approximate surface area is 108 Å². The topological polar surface area (TPSA) is 66.4 Å². The number of benzene rings is 1. The van der Waals surface area contributed by atoms with Crippen LogP contribution >= 0.6 is 0 Å². The van der Waals surface area contributed by atoms with E-state index in [1.165, 1.54) is 6.07 Å². The number of amides is 1. The van der Waals surface area contributed by atoms with E-state index in [9.17, 15) is 18.4 Å². The lowest BCUT2D eigenvalue weighted by Gasteiger charge is -2.15. The third-order valence-electron chi connectivity index (χ3n) is 3.23. The molecular formula is C13H13F2NO3. The van der Waals surface area contributed by atoms with Gasteiger partial charge >= 0.3 is 5.97 Å². The first-order valence-corrected chi connectivity index (χ1v) is 5.88. The number of carboxylic acid groups (broad SMARTS) is 1. The number of hydrogen-bond acceptors (Lipinski definition) is 2. The standard InChI is InChI=1S/C13H13F2NO3/c1-6(8-3-2-7(14)4-11(8)15)16-12(17)9-5-10(9)13(18)19/h2-4,6,9-10H,5H2,1H3,(H,16,17)(H,18,19). The Morgan fingerprint density at radius 1 is 1.37 bits per heavy atom. The van der Waals surface area contributed by atoms with Gasteiger partial charge < -0.3 is 10.4 Å². The maximum atomic E-state index is 13.5. The van der Waals surface area contributed by atoms with Gasteiger partial charge in [-0.15, -0.1) is 0 Å². The van der Waals surface area contributed by atoms with E-state index in [0.29, 0.717) is 6.42 Å². The van der Waals surface area contributed by atoms with Gasteiger partial charge in [-0.05, 0) is 19.4 Å². The summed E-state index contributed by atoms with van der Waals surface area (Å²) in [5.41, 5.74) is 0.169. The second kappa shape index (κ2) is 4.95. The van der Waals surface area contributed by atoms with Crippen LogP contribution < -0.4 is 5.32 Å². The molecule has 1 aliphatic rings. The molecule has 3 unspecified atom stereocenters. The first kappa shape index (κ1) is 13.5. The predicted octanol–water partition coefficient (Wildman–Crippen LogP) is 1.86. The van der Waals surface area contributed by atoms with Crippen molar-refractivity contribution in [3.8, 4) is 0 Å². The van der Waals surface area contributed by atoms with Crippen LogP contribution in [0.2, 0.25) is 0 Å². The van der Waals surface area contributed by atoms with Gasteiger partial charge in [-0.1, -0.05) is 6.07 Å². The van der Waals surface area contributed by atoms with Crippen molar-refractivity contribution in [1.29, 1.82) is 0 Å². The highest BCUT2D eigenvalue weighted by molar-refractivity contribution is 5.89. The Morgan fingerprint density at radius 2 is 2.05 bits per heavy atom. The fourth-order valence-electron chi connectivity index (χ4n) is 2.01. The van der Waals surface area contributed by atoms with Crippen molar-refractivity contribution >= 4 is 11.9 Å². The molecule has 4 nitrogen and oxygen atoms in total. The van der Waals surface area contributed by atoms with E-state index < -0.39 is 41.4 Å². The van der Waals surface area contributed by atoms with E-state index in [0.717, 1.165) is 12.1 Å². The van der Waals surface area contributed by atoms with Gasteiger partial charge in [-0.25, -0.2) is 8.78 Å². The van der Waals surface area contributed by atoms with Gasteiger partial charge in [0, 0.05) is 11.6 Å². The number of carbonyl (C=O) groups is 2. The number of rotatable bonds is 4. The molecule has 0 spiro atoms. The van der Waals surface area contributed by atoms with Gasteiger partial charge in [0.1, 0.15) is 11.6 Å². The molecule has 19 heavy (non-hydrogen) atoms. The molecule has 1 fully saturated rings. The van der Waals surface area contributed by atoms with Crippen LogP contribution in [0, 0.1) is 23.5 Å². The van der Waals surface area contributed by atoms with E-state index in [2.05, 4.69) is 5.32 Å². The molecule has 0 saturated heterocycles. The second-order valence-electron chi connectivity index (χ2n) is 4.68. The summed E-state index contributed by atoms with van der Waals surface area (Å²) in [4.78, 5) is 22.4. The van der Waals surface area contributed by atoms with Crippen molar-refractivity contribution in [2.24, 2.45) is 11.8 Å². The molecule has 1 aliphatic carbocycles. The van der Waals surface area contributed by atoms with Crippen LogP contribution in [0.25, 0.3) is 0 Å². The highest BCUT2D eigenvalue weighted by atomic mass is 19.1. The molecule has 3 atom stereocenters. The fourth-order valence-corrected chi connectivity index (χ4v) is 2.01. The normalized spacial score (nSPS) is 22.7. The molecule has 102 valence electrons. The summed E-state index contributed by atoms with van der Waals surface area (Å²) in [6, 6.07) is 2.48. The molecule has 1 amide bonds. The summed E-state index contributed by atoms with van der Waals surface area (Å²) in [5, 5.41) is 11.3. The minimum Gasteiger partial charge on any atom is -0.481 e. The summed E-state index contributed by atoms with van der Waals surface area (Å²) >= 11 is 0. The van der Waals surface area contributed by atoms with Crippen molar-refractivity contribution in [2.45, 2.75) is 19.4 Å². The Bertz CT molecular complexity index is 533. The lowest BCUT2D eigenvalue weighted by molar-refractivity contribution is -0.140. The number of halogens is 2. The summed E-state index contributed by atoms with van der Waals surface area (Å²) < 4.78 is 26.2. The average Bonchev–Trinajstić information content (AvgIpc) is 3.08. The Morgan fingerprint density at radius 3 is 2.58 bits per heavy atom. The van der Waals surface area contributed by atoms with Crippen LogP contribution in [-0.4, -0.2) is 17.0 Å². The lowest BCUT2D eigenvalue weighted by Crippen LogP contribution is -2.29. The monoisotopic (exact) mass is 269 g/mol. The first-order chi connectivity index (χ1) is 8.90. The van der Waals surface area contributed by atoms with Crippen molar-refractivity contribution in [2.75, 3.05) is 0 Å². The molecular weight excluding hydrogens is 256 g/mol. The van der Waals surface area contributed by atoms with Gasteiger partial charge in [0.2, 0.25) is 5.91 Å². The zero-order valence-electron chi connectivity index (χ0n) is 10.2. The van der Waals surface area contributed by atoms with Gasteiger partial charge in [0.25, 0.3) is 0 Å². The molecule has 0 bridgehead atoms. The van der Waals surface area contributed by atoms with Gasteiger partial charge in [-0.2, -0.15) is 0 Å². The number of carbonyl (C=O) groups excluding carboxylic acids is 1. The van der Waals surface area contributed by atoms with E-state index >= 15 is 0 Å². The van der Waals surface area contributed by atoms with Crippen molar-refractivity contribution < 1.29 is 23.5 Å². The van der Waals surface area contributed by atoms with E-state index in [-0.39, 0.29) is 5.56 Å².